The summed E-state index contributed by atoms with van der Waals surface area (Å²) in [6.07, 6.45) is 6.93. The van der Waals surface area contributed by atoms with Gasteiger partial charge in [-0.2, -0.15) is 9.15 Å². The number of carbonyl (C=O) groups excluding carboxylic acids is 2. The zero-order chi connectivity index (χ0) is 54.3. The summed E-state index contributed by atoms with van der Waals surface area (Å²) < 4.78 is 4.40. The lowest BCUT2D eigenvalue weighted by atomic mass is 9.75. The molecule has 0 spiro atoms. The number of fused-ring (bicyclic) bond motifs is 8. The molecule has 76 heavy (non-hydrogen) atoms. The first-order valence-corrected chi connectivity index (χ1v) is 26.3. The molecule has 0 unspecified atom stereocenters. The van der Waals surface area contributed by atoms with Crippen molar-refractivity contribution in [2.24, 2.45) is 0 Å². The minimum atomic E-state index is -0.926. The van der Waals surface area contributed by atoms with Crippen LogP contribution in [0, 0.1) is 0 Å². The molecule has 0 bridgehead atoms. The van der Waals surface area contributed by atoms with Gasteiger partial charge >= 0.3 is 11.9 Å². The van der Waals surface area contributed by atoms with Crippen molar-refractivity contribution in [3.05, 3.63) is 177 Å². The van der Waals surface area contributed by atoms with E-state index in [0.29, 0.717) is 13.1 Å². The van der Waals surface area contributed by atoms with Gasteiger partial charge in [-0.1, -0.05) is 88.4 Å². The SMILES string of the molecule is CC[N+]1=C(C=C2C(=O)C(C=C3N(CCC(=O)O)c4ccc5ccccc5c4C3(C)C)=C2O)C(C)(C)c2cc3c(cc21)C(C)(C)C(C=C1C(=O)C(C=C2N(CCC(=O)O)c4ccc5ccccc5c4C2(C)C)=C1O)=[N+]3CC. The second-order valence-corrected chi connectivity index (χ2v) is 23.0. The van der Waals surface area contributed by atoms with Crippen molar-refractivity contribution in [3.8, 4) is 0 Å². The second kappa shape index (κ2) is 17.2. The van der Waals surface area contributed by atoms with Crippen LogP contribution in [0.1, 0.15) is 104 Å². The molecule has 0 radical (unpaired) electrons. The molecule has 4 N–H and O–H groups in total. The molecule has 4 aliphatic heterocycles. The third-order valence-corrected chi connectivity index (χ3v) is 17.3. The average molecular weight is 1020 g/mol. The summed E-state index contributed by atoms with van der Waals surface area (Å²) in [5, 5.41) is 47.4. The first kappa shape index (κ1) is 50.1. The quantitative estimate of drug-likeness (QED) is 0.0699. The van der Waals surface area contributed by atoms with Crippen molar-refractivity contribution < 1.29 is 48.8 Å². The maximum absolute atomic E-state index is 14.4. The van der Waals surface area contributed by atoms with Gasteiger partial charge < -0.3 is 30.2 Å². The van der Waals surface area contributed by atoms with E-state index < -0.39 is 33.6 Å². The molecule has 5 aromatic carbocycles. The molecule has 5 aromatic rings. The van der Waals surface area contributed by atoms with Gasteiger partial charge in [0, 0.05) is 82.1 Å². The minimum absolute atomic E-state index is 0.0981. The summed E-state index contributed by atoms with van der Waals surface area (Å²) in [6.45, 7) is 22.5. The van der Waals surface area contributed by atoms with Crippen LogP contribution in [0.4, 0.5) is 22.7 Å². The zero-order valence-electron chi connectivity index (χ0n) is 44.8. The standard InChI is InChI=1S/C64H62N4O8/c1-11-65-47-33-44-48(34-43(47)61(3,4)49(65)29-39-57(73)41(58(39)74)31-51-63(7,8)55-37-19-15-13-17-35(37)21-23-45(55)67(51)27-25-53(69)70)66(12-2)50(62(44,5)6)30-40-59(75)42(60(40)76)32-52-64(9,10)56-38-20-16-14-18-36(38)22-24-46(56)68(52)28-26-54(71)72/h13-24,29-34H,11-12,25-28H2,1-10H3,(H2-2,69,70,71,72,73,74,75,76)/p+2. The summed E-state index contributed by atoms with van der Waals surface area (Å²) in [7, 11) is 0. The average Bonchev–Trinajstić information content (AvgIpc) is 4.04. The Morgan fingerprint density at radius 2 is 0.895 bits per heavy atom. The number of carbonyl (C=O) groups is 4. The number of aliphatic carboxylic acids is 2. The number of carboxylic acid groups (broad SMARTS) is 2. The fourth-order valence-corrected chi connectivity index (χ4v) is 13.3. The Morgan fingerprint density at radius 3 is 1.24 bits per heavy atom. The van der Waals surface area contributed by atoms with E-state index in [1.54, 1.807) is 12.2 Å². The molecule has 0 saturated heterocycles. The number of carboxylic acids is 2. The number of ketones is 2. The van der Waals surface area contributed by atoms with E-state index in [1.165, 1.54) is 0 Å². The van der Waals surface area contributed by atoms with E-state index in [2.05, 4.69) is 115 Å². The Kier molecular flexibility index (Phi) is 11.3. The highest BCUT2D eigenvalue weighted by Crippen LogP contribution is 2.55. The van der Waals surface area contributed by atoms with Crippen LogP contribution >= 0.6 is 0 Å². The predicted molar refractivity (Wildman–Crippen MR) is 298 cm³/mol. The van der Waals surface area contributed by atoms with E-state index >= 15 is 0 Å². The third-order valence-electron chi connectivity index (χ3n) is 17.3. The van der Waals surface area contributed by atoms with Gasteiger partial charge in [0.1, 0.15) is 24.6 Å². The van der Waals surface area contributed by atoms with Crippen LogP contribution in [0.5, 0.6) is 0 Å². The van der Waals surface area contributed by atoms with Gasteiger partial charge in [0.15, 0.2) is 11.4 Å². The lowest BCUT2D eigenvalue weighted by Gasteiger charge is -2.29. The Bertz CT molecular complexity index is 3560. The molecule has 12 heteroatoms. The van der Waals surface area contributed by atoms with Crippen molar-refractivity contribution in [3.63, 3.8) is 0 Å². The highest BCUT2D eigenvalue weighted by molar-refractivity contribution is 6.25. The van der Waals surface area contributed by atoms with Crippen LogP contribution in [0.2, 0.25) is 0 Å². The smallest absolute Gasteiger partial charge is 0.305 e. The van der Waals surface area contributed by atoms with Gasteiger partial charge in [0.05, 0.1) is 46.0 Å². The van der Waals surface area contributed by atoms with Gasteiger partial charge in [0.2, 0.25) is 22.9 Å². The fourth-order valence-electron chi connectivity index (χ4n) is 13.3. The Labute approximate surface area is 442 Å². The molecule has 11 rings (SSSR count). The molecule has 0 amide bonds. The monoisotopic (exact) mass is 1020 g/mol. The van der Waals surface area contributed by atoms with Crippen molar-refractivity contribution in [1.29, 1.82) is 0 Å². The first-order chi connectivity index (χ1) is 36.0. The van der Waals surface area contributed by atoms with Gasteiger partial charge in [-0.25, -0.2) is 0 Å². The lowest BCUT2D eigenvalue weighted by Crippen LogP contribution is -2.32. The molecule has 0 aromatic heterocycles. The van der Waals surface area contributed by atoms with Crippen molar-refractivity contribution in [2.75, 3.05) is 36.0 Å². The van der Waals surface area contributed by atoms with Gasteiger partial charge in [-0.3, -0.25) is 19.2 Å². The van der Waals surface area contributed by atoms with Gasteiger partial charge in [-0.15, -0.1) is 0 Å². The number of hydrogen-bond acceptors (Lipinski definition) is 8. The molecular formula is C64H64N4O8+2. The van der Waals surface area contributed by atoms with Gasteiger partial charge in [0.25, 0.3) is 0 Å². The number of rotatable bonds is 12. The number of allylic oxidation sites excluding steroid dienone is 10. The molecule has 4 heterocycles. The van der Waals surface area contributed by atoms with Crippen LogP contribution < -0.4 is 9.80 Å². The highest BCUT2D eigenvalue weighted by Gasteiger charge is 2.53. The number of aliphatic hydroxyl groups excluding tert-OH is 2. The summed E-state index contributed by atoms with van der Waals surface area (Å²) in [4.78, 5) is 56.5. The maximum atomic E-state index is 14.4. The Balaban J connectivity index is 0.931. The number of benzene rings is 5. The minimum Gasteiger partial charge on any atom is -0.506 e. The molecule has 0 saturated carbocycles. The molecule has 386 valence electrons. The molecule has 0 fully saturated rings. The number of Topliss-reactive ketones (excluding diaryl/α,β-unsaturated/α-hetero) is 2. The van der Waals surface area contributed by atoms with Crippen LogP contribution in [0.25, 0.3) is 21.5 Å². The van der Waals surface area contributed by atoms with E-state index in [9.17, 15) is 39.6 Å². The van der Waals surface area contributed by atoms with E-state index in [1.807, 2.05) is 70.5 Å². The van der Waals surface area contributed by atoms with E-state index in [0.717, 1.165) is 89.4 Å². The Hall–Kier alpha value is -8.12. The topological polar surface area (TPSA) is 162 Å². The second-order valence-electron chi connectivity index (χ2n) is 23.0. The molecule has 2 aliphatic carbocycles. The summed E-state index contributed by atoms with van der Waals surface area (Å²) in [5.74, 6) is -2.62. The molecular weight excluding hydrogens is 953 g/mol. The fraction of sp³-hybridized carbons (Fsp3) is 0.312. The summed E-state index contributed by atoms with van der Waals surface area (Å²) >= 11 is 0. The van der Waals surface area contributed by atoms with Crippen LogP contribution in [-0.2, 0) is 40.8 Å². The van der Waals surface area contributed by atoms with Crippen LogP contribution in [0.3, 0.4) is 0 Å². The van der Waals surface area contributed by atoms with E-state index in [-0.39, 0.29) is 71.3 Å². The Morgan fingerprint density at radius 1 is 0.526 bits per heavy atom. The number of aliphatic hydroxyl groups is 2. The van der Waals surface area contributed by atoms with Crippen molar-refractivity contribution >= 4 is 79.2 Å². The number of anilines is 2. The zero-order valence-corrected chi connectivity index (χ0v) is 44.8. The van der Waals surface area contributed by atoms with Crippen molar-refractivity contribution in [1.82, 2.24) is 0 Å². The van der Waals surface area contributed by atoms with E-state index in [4.69, 9.17) is 0 Å². The van der Waals surface area contributed by atoms with Crippen LogP contribution in [0.15, 0.2) is 154 Å². The first-order valence-electron chi connectivity index (χ1n) is 26.3. The predicted octanol–water partition coefficient (Wildman–Crippen LogP) is 11.7. The number of nitrogens with zero attached hydrogens (tertiary/aromatic N) is 4. The van der Waals surface area contributed by atoms with Gasteiger partial charge in [-0.05, 0) is 98.5 Å². The molecule has 12 nitrogen and oxygen atoms in total. The lowest BCUT2D eigenvalue weighted by molar-refractivity contribution is -0.436. The third kappa shape index (κ3) is 7.08. The van der Waals surface area contributed by atoms with Crippen LogP contribution in [-0.4, -0.2) is 90.7 Å². The normalized spacial score (nSPS) is 21.7. The molecule has 6 aliphatic rings. The largest absolute Gasteiger partial charge is 0.506 e. The maximum Gasteiger partial charge on any atom is 0.305 e. The molecule has 0 atom stereocenters. The highest BCUT2D eigenvalue weighted by atomic mass is 16.4. The van der Waals surface area contributed by atoms with Crippen molar-refractivity contribution in [2.45, 2.75) is 104 Å². The summed E-state index contributed by atoms with van der Waals surface area (Å²) in [5.41, 5.74) is 9.52. The summed E-state index contributed by atoms with van der Waals surface area (Å²) in [6, 6.07) is 28.7. The number of hydrogen-bond donors (Lipinski definition) is 4.